The molecule has 0 spiro atoms. The van der Waals surface area contributed by atoms with Gasteiger partial charge in [-0.3, -0.25) is 0 Å². The number of alkyl halides is 1. The summed E-state index contributed by atoms with van der Waals surface area (Å²) in [7, 11) is 1.16. The predicted molar refractivity (Wildman–Crippen MR) is 93.4 cm³/mol. The summed E-state index contributed by atoms with van der Waals surface area (Å²) in [6, 6.07) is 10.4. The number of carbonyl (C=O) groups is 1. The molecule has 1 unspecified atom stereocenters. The van der Waals surface area contributed by atoms with Crippen LogP contribution in [-0.4, -0.2) is 19.3 Å². The smallest absolute Gasteiger partial charge is 0.340 e. The standard InChI is InChI=1S/C16H14Br2FNO3/c1-22-16(21)14(19)8-9-6-12(17)15(13(18)7-9)23-11-4-2-10(20)3-5-11/h2-7,14H,8,20H2,1H3. The lowest BCUT2D eigenvalue weighted by Gasteiger charge is -2.13. The average molecular weight is 447 g/mol. The van der Waals surface area contributed by atoms with Crippen LogP contribution in [0.4, 0.5) is 10.1 Å². The number of anilines is 1. The molecule has 4 nitrogen and oxygen atoms in total. The SMILES string of the molecule is COC(=O)C(F)Cc1cc(Br)c(Oc2ccc(N)cc2)c(Br)c1. The molecule has 0 bridgehead atoms. The Hall–Kier alpha value is -1.60. The number of hydrogen-bond donors (Lipinski definition) is 1. The number of halogens is 3. The predicted octanol–water partition coefficient (Wildman–Crippen LogP) is 4.64. The highest BCUT2D eigenvalue weighted by Gasteiger charge is 2.20. The van der Waals surface area contributed by atoms with Crippen LogP contribution in [-0.2, 0) is 16.0 Å². The van der Waals surface area contributed by atoms with Gasteiger partial charge in [0.15, 0.2) is 5.75 Å². The van der Waals surface area contributed by atoms with Crippen LogP contribution in [0, 0.1) is 0 Å². The van der Waals surface area contributed by atoms with Gasteiger partial charge >= 0.3 is 5.97 Å². The quantitative estimate of drug-likeness (QED) is 0.536. The molecule has 0 aliphatic heterocycles. The molecule has 0 radical (unpaired) electrons. The van der Waals surface area contributed by atoms with Crippen molar-refractivity contribution in [2.45, 2.75) is 12.6 Å². The van der Waals surface area contributed by atoms with Crippen molar-refractivity contribution in [3.63, 3.8) is 0 Å². The first-order valence-corrected chi connectivity index (χ1v) is 8.22. The molecule has 23 heavy (non-hydrogen) atoms. The lowest BCUT2D eigenvalue weighted by atomic mass is 10.1. The molecule has 122 valence electrons. The molecule has 0 amide bonds. The molecule has 7 heteroatoms. The molecule has 0 saturated heterocycles. The van der Waals surface area contributed by atoms with Crippen LogP contribution in [0.15, 0.2) is 45.3 Å². The van der Waals surface area contributed by atoms with E-state index in [2.05, 4.69) is 36.6 Å². The van der Waals surface area contributed by atoms with Crippen LogP contribution in [0.5, 0.6) is 11.5 Å². The summed E-state index contributed by atoms with van der Waals surface area (Å²) in [5.74, 6) is 0.276. The molecule has 0 heterocycles. The highest BCUT2D eigenvalue weighted by Crippen LogP contribution is 2.38. The van der Waals surface area contributed by atoms with Crippen molar-refractivity contribution < 1.29 is 18.7 Å². The van der Waals surface area contributed by atoms with Crippen LogP contribution in [0.2, 0.25) is 0 Å². The van der Waals surface area contributed by atoms with E-state index in [1.165, 1.54) is 0 Å². The number of carbonyl (C=O) groups excluding carboxylic acids is 1. The summed E-state index contributed by atoms with van der Waals surface area (Å²) in [5.41, 5.74) is 6.91. The van der Waals surface area contributed by atoms with Gasteiger partial charge in [0.05, 0.1) is 16.1 Å². The molecule has 1 atom stereocenters. The normalized spacial score (nSPS) is 11.8. The van der Waals surface area contributed by atoms with Gasteiger partial charge in [-0.25, -0.2) is 9.18 Å². The highest BCUT2D eigenvalue weighted by molar-refractivity contribution is 9.11. The van der Waals surface area contributed by atoms with E-state index in [0.717, 1.165) is 7.11 Å². The molecule has 0 aliphatic carbocycles. The van der Waals surface area contributed by atoms with E-state index in [1.807, 2.05) is 0 Å². The highest BCUT2D eigenvalue weighted by atomic mass is 79.9. The van der Waals surface area contributed by atoms with Crippen molar-refractivity contribution in [2.24, 2.45) is 0 Å². The molecule has 2 aromatic rings. The second kappa shape index (κ2) is 7.79. The van der Waals surface area contributed by atoms with Crippen LogP contribution in [0.25, 0.3) is 0 Å². The molecule has 0 fully saturated rings. The second-order valence-corrected chi connectivity index (χ2v) is 6.46. The van der Waals surface area contributed by atoms with Gasteiger partial charge in [-0.15, -0.1) is 0 Å². The Morgan fingerprint density at radius 2 is 1.78 bits per heavy atom. The number of nitrogen functional groups attached to an aromatic ring is 1. The molecule has 2 aromatic carbocycles. The fourth-order valence-electron chi connectivity index (χ4n) is 1.90. The van der Waals surface area contributed by atoms with Gasteiger partial charge in [0.1, 0.15) is 5.75 Å². The second-order valence-electron chi connectivity index (χ2n) is 4.75. The maximum Gasteiger partial charge on any atom is 0.340 e. The summed E-state index contributed by atoms with van der Waals surface area (Å²) in [6.07, 6.45) is -1.78. The van der Waals surface area contributed by atoms with E-state index in [9.17, 15) is 9.18 Å². The first-order valence-electron chi connectivity index (χ1n) is 6.64. The van der Waals surface area contributed by atoms with Gasteiger partial charge in [0.2, 0.25) is 6.17 Å². The van der Waals surface area contributed by atoms with Crippen LogP contribution in [0.1, 0.15) is 5.56 Å². The Morgan fingerprint density at radius 1 is 1.22 bits per heavy atom. The zero-order valence-electron chi connectivity index (χ0n) is 12.2. The molecule has 0 saturated carbocycles. The Labute approximate surface area is 150 Å². The zero-order valence-corrected chi connectivity index (χ0v) is 15.4. The summed E-state index contributed by atoms with van der Waals surface area (Å²) in [4.78, 5) is 11.2. The molecular weight excluding hydrogens is 433 g/mol. The van der Waals surface area contributed by atoms with Gasteiger partial charge in [0.25, 0.3) is 0 Å². The van der Waals surface area contributed by atoms with Crippen molar-refractivity contribution in [1.29, 1.82) is 0 Å². The Bertz CT molecular complexity index is 684. The number of ether oxygens (including phenoxy) is 2. The van der Waals surface area contributed by atoms with Crippen LogP contribution in [0.3, 0.4) is 0 Å². The molecular formula is C16H14Br2FNO3. The van der Waals surface area contributed by atoms with E-state index in [0.29, 0.717) is 31.7 Å². The first kappa shape index (κ1) is 17.7. The minimum absolute atomic E-state index is 0.0774. The Morgan fingerprint density at radius 3 is 2.30 bits per heavy atom. The molecule has 0 aliphatic rings. The Balaban J connectivity index is 2.20. The van der Waals surface area contributed by atoms with Crippen molar-refractivity contribution in [1.82, 2.24) is 0 Å². The van der Waals surface area contributed by atoms with E-state index in [1.54, 1.807) is 36.4 Å². The summed E-state index contributed by atoms with van der Waals surface area (Å²) >= 11 is 6.79. The molecule has 0 aromatic heterocycles. The van der Waals surface area contributed by atoms with Gasteiger partial charge in [-0.05, 0) is 73.8 Å². The van der Waals surface area contributed by atoms with Crippen molar-refractivity contribution in [3.8, 4) is 11.5 Å². The summed E-state index contributed by atoms with van der Waals surface area (Å²) < 4.78 is 25.1. The number of benzene rings is 2. The number of rotatable bonds is 5. The summed E-state index contributed by atoms with van der Waals surface area (Å²) in [6.45, 7) is 0. The fraction of sp³-hybridized carbons (Fsp3) is 0.188. The minimum atomic E-state index is -1.71. The molecule has 2 N–H and O–H groups in total. The number of hydrogen-bond acceptors (Lipinski definition) is 4. The number of esters is 1. The van der Waals surface area contributed by atoms with Crippen molar-refractivity contribution in [2.75, 3.05) is 12.8 Å². The monoisotopic (exact) mass is 445 g/mol. The van der Waals surface area contributed by atoms with Crippen LogP contribution < -0.4 is 10.5 Å². The van der Waals surface area contributed by atoms with E-state index in [-0.39, 0.29) is 6.42 Å². The third-order valence-electron chi connectivity index (χ3n) is 3.03. The lowest BCUT2D eigenvalue weighted by Crippen LogP contribution is -2.19. The summed E-state index contributed by atoms with van der Waals surface area (Å²) in [5, 5.41) is 0. The van der Waals surface area contributed by atoms with E-state index in [4.69, 9.17) is 10.5 Å². The van der Waals surface area contributed by atoms with Gasteiger partial charge in [-0.1, -0.05) is 0 Å². The maximum atomic E-state index is 13.7. The van der Waals surface area contributed by atoms with Crippen LogP contribution >= 0.6 is 31.9 Å². The number of nitrogens with two attached hydrogens (primary N) is 1. The average Bonchev–Trinajstić information content (AvgIpc) is 2.51. The zero-order chi connectivity index (χ0) is 17.0. The fourth-order valence-corrected chi connectivity index (χ4v) is 3.34. The van der Waals surface area contributed by atoms with Gasteiger partial charge in [0, 0.05) is 12.1 Å². The van der Waals surface area contributed by atoms with Crippen molar-refractivity contribution >= 4 is 43.5 Å². The number of methoxy groups -OCH3 is 1. The Kier molecular flexibility index (Phi) is 6.01. The van der Waals surface area contributed by atoms with Gasteiger partial charge in [-0.2, -0.15) is 0 Å². The van der Waals surface area contributed by atoms with E-state index >= 15 is 0 Å². The molecule has 2 rings (SSSR count). The van der Waals surface area contributed by atoms with E-state index < -0.39 is 12.1 Å². The van der Waals surface area contributed by atoms with Crippen molar-refractivity contribution in [3.05, 3.63) is 50.9 Å². The lowest BCUT2D eigenvalue weighted by molar-refractivity contribution is -0.146. The maximum absolute atomic E-state index is 13.7. The van der Waals surface area contributed by atoms with Gasteiger partial charge < -0.3 is 15.2 Å². The first-order chi connectivity index (χ1) is 10.9. The largest absolute Gasteiger partial charge is 0.467 e. The third-order valence-corrected chi connectivity index (χ3v) is 4.21. The minimum Gasteiger partial charge on any atom is -0.467 e. The topological polar surface area (TPSA) is 61.5 Å². The third kappa shape index (κ3) is 4.68.